The van der Waals surface area contributed by atoms with Crippen molar-refractivity contribution >= 4 is 38.7 Å². The van der Waals surface area contributed by atoms with Crippen molar-refractivity contribution in [1.82, 2.24) is 0 Å². The van der Waals surface area contributed by atoms with Crippen LogP contribution in [-0.4, -0.2) is 25.1 Å². The summed E-state index contributed by atoms with van der Waals surface area (Å²) in [7, 11) is -0.409. The quantitative estimate of drug-likeness (QED) is 0.653. The zero-order valence-corrected chi connectivity index (χ0v) is 11.0. The second kappa shape index (κ2) is 6.15. The summed E-state index contributed by atoms with van der Waals surface area (Å²) in [6.45, 7) is 0. The van der Waals surface area contributed by atoms with Gasteiger partial charge in [0.1, 0.15) is 0 Å². The van der Waals surface area contributed by atoms with Gasteiger partial charge in [0.05, 0.1) is 19.5 Å². The van der Waals surface area contributed by atoms with Gasteiger partial charge < -0.3 is 5.11 Å². The van der Waals surface area contributed by atoms with Gasteiger partial charge in [-0.1, -0.05) is 18.2 Å². The molecule has 0 unspecified atom stereocenters. The zero-order chi connectivity index (χ0) is 11.3. The van der Waals surface area contributed by atoms with Gasteiger partial charge in [-0.05, 0) is 24.1 Å². The van der Waals surface area contributed by atoms with Crippen LogP contribution >= 0.6 is 23.2 Å². The van der Waals surface area contributed by atoms with Crippen LogP contribution in [0.1, 0.15) is 15.9 Å². The molecule has 0 radical (unpaired) electrons. The first-order valence-corrected chi connectivity index (χ1v) is 7.39. The van der Waals surface area contributed by atoms with Gasteiger partial charge in [0, 0.05) is 0 Å². The number of hydrogen-bond acceptors (Lipinski definition) is 1. The number of benzene rings is 1. The number of carboxylic acids is 1. The molecule has 0 aliphatic heterocycles. The Morgan fingerprint density at radius 1 is 1.33 bits per heavy atom. The third kappa shape index (κ3) is 4.69. The van der Waals surface area contributed by atoms with Crippen molar-refractivity contribution in [2.24, 2.45) is 0 Å². The van der Waals surface area contributed by atoms with Gasteiger partial charge in [-0.15, -0.1) is 23.2 Å². The highest BCUT2D eigenvalue weighted by molar-refractivity contribution is 6.68. The van der Waals surface area contributed by atoms with Crippen molar-refractivity contribution in [2.45, 2.75) is 16.9 Å². The van der Waals surface area contributed by atoms with Crippen LogP contribution in [0.5, 0.6) is 0 Å². The van der Waals surface area contributed by atoms with E-state index in [-0.39, 0.29) is 4.46 Å². The fourth-order valence-corrected chi connectivity index (χ4v) is 3.12. The molecule has 0 aliphatic rings. The van der Waals surface area contributed by atoms with Crippen molar-refractivity contribution < 1.29 is 9.90 Å². The van der Waals surface area contributed by atoms with Gasteiger partial charge in [0.25, 0.3) is 0 Å². The van der Waals surface area contributed by atoms with Crippen molar-refractivity contribution in [3.05, 3.63) is 35.4 Å². The minimum Gasteiger partial charge on any atom is -0.478 e. The van der Waals surface area contributed by atoms with E-state index in [9.17, 15) is 4.79 Å². The number of carbonyl (C=O) groups is 1. The van der Waals surface area contributed by atoms with Crippen LogP contribution in [-0.2, 0) is 6.42 Å². The smallest absolute Gasteiger partial charge is 0.335 e. The summed E-state index contributed by atoms with van der Waals surface area (Å²) >= 11 is 11.3. The lowest BCUT2D eigenvalue weighted by Gasteiger charge is -2.02. The summed E-state index contributed by atoms with van der Waals surface area (Å²) in [5.41, 5.74) is 1.46. The second-order valence-electron chi connectivity index (χ2n) is 3.29. The molecule has 82 valence electrons. The number of alkyl halides is 2. The Morgan fingerprint density at radius 3 is 2.40 bits per heavy atom. The molecule has 0 saturated heterocycles. The van der Waals surface area contributed by atoms with Gasteiger partial charge in [0.15, 0.2) is 0 Å². The molecule has 0 heterocycles. The average Bonchev–Trinajstić information content (AvgIpc) is 2.18. The number of rotatable bonds is 5. The first-order chi connectivity index (χ1) is 7.09. The van der Waals surface area contributed by atoms with Gasteiger partial charge in [-0.25, -0.2) is 4.79 Å². The van der Waals surface area contributed by atoms with Crippen LogP contribution in [0.2, 0.25) is 6.04 Å². The first kappa shape index (κ1) is 12.6. The molecular formula is C10H12Cl2O2Si. The number of aryl methyl sites for hydroxylation is 1. The molecule has 0 bridgehead atoms. The third-order valence-corrected chi connectivity index (χ3v) is 4.60. The third-order valence-electron chi connectivity index (χ3n) is 2.09. The predicted molar refractivity (Wildman–Crippen MR) is 66.0 cm³/mol. The standard InChI is InChI=1S/C10H12Cl2O2Si/c11-10(12)15-6-5-7-1-3-8(4-2-7)9(13)14/h1-4,10H,5-6,15H2,(H,13,14). The second-order valence-corrected chi connectivity index (χ2v) is 7.70. The SMILES string of the molecule is O=C(O)c1ccc(CC[SiH2]C(Cl)Cl)cc1. The Kier molecular flexibility index (Phi) is 5.15. The molecule has 0 atom stereocenters. The minimum atomic E-state index is -0.891. The highest BCUT2D eigenvalue weighted by Crippen LogP contribution is 2.09. The van der Waals surface area contributed by atoms with Gasteiger partial charge in [0.2, 0.25) is 0 Å². The Labute approximate surface area is 101 Å². The van der Waals surface area contributed by atoms with Crippen LogP contribution in [0, 0.1) is 0 Å². The van der Waals surface area contributed by atoms with Crippen molar-refractivity contribution in [2.75, 3.05) is 0 Å². The summed E-state index contributed by atoms with van der Waals surface area (Å²) in [4.78, 5) is 10.6. The van der Waals surface area contributed by atoms with Crippen molar-refractivity contribution in [3.63, 3.8) is 0 Å². The van der Waals surface area contributed by atoms with Gasteiger partial charge in [-0.3, -0.25) is 0 Å². The monoisotopic (exact) mass is 262 g/mol. The molecule has 0 saturated carbocycles. The largest absolute Gasteiger partial charge is 0.478 e. The highest BCUT2D eigenvalue weighted by atomic mass is 35.5. The molecule has 0 spiro atoms. The van der Waals surface area contributed by atoms with E-state index in [0.717, 1.165) is 18.0 Å². The first-order valence-electron chi connectivity index (χ1n) is 4.70. The summed E-state index contributed by atoms with van der Waals surface area (Å²) in [5, 5.41) is 8.70. The Balaban J connectivity index is 2.46. The number of carboxylic acid groups (broad SMARTS) is 1. The van der Waals surface area contributed by atoms with E-state index >= 15 is 0 Å². The maximum Gasteiger partial charge on any atom is 0.335 e. The number of hydrogen-bond donors (Lipinski definition) is 1. The maximum atomic E-state index is 10.6. The van der Waals surface area contributed by atoms with Crippen LogP contribution in [0.25, 0.3) is 0 Å². The Hall–Kier alpha value is -0.513. The lowest BCUT2D eigenvalue weighted by molar-refractivity contribution is 0.0697. The topological polar surface area (TPSA) is 37.3 Å². The molecule has 15 heavy (non-hydrogen) atoms. The molecule has 1 aromatic carbocycles. The fourth-order valence-electron chi connectivity index (χ4n) is 1.27. The molecule has 0 aromatic heterocycles. The predicted octanol–water partition coefficient (Wildman–Crippen LogP) is 2.28. The minimum absolute atomic E-state index is 0.178. The number of aromatic carboxylic acids is 1. The molecule has 2 nitrogen and oxygen atoms in total. The average molecular weight is 263 g/mol. The van der Waals surface area contributed by atoms with E-state index in [4.69, 9.17) is 28.3 Å². The van der Waals surface area contributed by atoms with E-state index in [1.165, 1.54) is 0 Å². The molecule has 5 heteroatoms. The molecular weight excluding hydrogens is 251 g/mol. The molecule has 1 aromatic rings. The molecule has 0 amide bonds. The van der Waals surface area contributed by atoms with Gasteiger partial charge in [-0.2, -0.15) is 0 Å². The molecule has 1 rings (SSSR count). The molecule has 0 aliphatic carbocycles. The summed E-state index contributed by atoms with van der Waals surface area (Å²) in [6.07, 6.45) is 0.933. The van der Waals surface area contributed by atoms with E-state index < -0.39 is 15.5 Å². The van der Waals surface area contributed by atoms with Gasteiger partial charge >= 0.3 is 5.97 Å². The lowest BCUT2D eigenvalue weighted by atomic mass is 10.1. The van der Waals surface area contributed by atoms with Crippen LogP contribution < -0.4 is 0 Å². The maximum absolute atomic E-state index is 10.6. The van der Waals surface area contributed by atoms with E-state index in [0.29, 0.717) is 5.56 Å². The van der Waals surface area contributed by atoms with E-state index in [1.807, 2.05) is 12.1 Å². The number of halogens is 2. The van der Waals surface area contributed by atoms with Crippen molar-refractivity contribution in [1.29, 1.82) is 0 Å². The van der Waals surface area contributed by atoms with Crippen LogP contribution in [0.3, 0.4) is 0 Å². The van der Waals surface area contributed by atoms with Crippen molar-refractivity contribution in [3.8, 4) is 0 Å². The fraction of sp³-hybridized carbons (Fsp3) is 0.300. The molecule has 0 fully saturated rings. The van der Waals surface area contributed by atoms with E-state index in [1.54, 1.807) is 12.1 Å². The van der Waals surface area contributed by atoms with Crippen LogP contribution in [0.15, 0.2) is 24.3 Å². The van der Waals surface area contributed by atoms with Crippen LogP contribution in [0.4, 0.5) is 0 Å². The lowest BCUT2D eigenvalue weighted by Crippen LogP contribution is -2.02. The Morgan fingerprint density at radius 2 is 1.93 bits per heavy atom. The summed E-state index contributed by atoms with van der Waals surface area (Å²) < 4.78 is -0.178. The normalized spacial score (nSPS) is 11.4. The summed E-state index contributed by atoms with van der Waals surface area (Å²) in [6, 6.07) is 7.98. The highest BCUT2D eigenvalue weighted by Gasteiger charge is 2.03. The zero-order valence-electron chi connectivity index (χ0n) is 8.12. The molecule has 1 N–H and O–H groups in total. The Bertz CT molecular complexity index is 325. The summed E-state index contributed by atoms with van der Waals surface area (Å²) in [5.74, 6) is -0.891. The van der Waals surface area contributed by atoms with E-state index in [2.05, 4.69) is 0 Å².